The number of hydrogen-bond acceptors (Lipinski definition) is 2. The molecule has 4 heteroatoms. The Kier molecular flexibility index (Phi) is 4.29. The maximum atomic E-state index is 10.1. The lowest BCUT2D eigenvalue weighted by atomic mass is 9.52. The average molecular weight is 416 g/mol. The van der Waals surface area contributed by atoms with E-state index in [-0.39, 0.29) is 5.41 Å². The molecular formula is C24H27Cl2NO. The molecule has 2 nitrogen and oxygen atoms in total. The molecule has 2 saturated carbocycles. The lowest BCUT2D eigenvalue weighted by Gasteiger charge is -2.53. The normalized spacial score (nSPS) is 35.2. The SMILES string of the molecule is CC1CC23Cc4ccc(O)cc4[C@](C)(C2)[C@H](NCCc2ccc(Cl)c(Cl)c2)[C@H]13. The van der Waals surface area contributed by atoms with E-state index in [1.165, 1.54) is 29.5 Å². The Morgan fingerprint density at radius 2 is 1.96 bits per heavy atom. The van der Waals surface area contributed by atoms with Gasteiger partial charge in [-0.25, -0.2) is 0 Å². The molecular weight excluding hydrogens is 389 g/mol. The molecule has 3 aliphatic rings. The molecule has 3 aliphatic carbocycles. The third-order valence-electron chi connectivity index (χ3n) is 7.83. The van der Waals surface area contributed by atoms with Crippen LogP contribution in [0.15, 0.2) is 36.4 Å². The van der Waals surface area contributed by atoms with E-state index in [0.29, 0.717) is 33.2 Å². The first-order valence-corrected chi connectivity index (χ1v) is 11.1. The van der Waals surface area contributed by atoms with Crippen molar-refractivity contribution in [3.63, 3.8) is 0 Å². The molecule has 2 fully saturated rings. The van der Waals surface area contributed by atoms with Crippen molar-refractivity contribution in [3.8, 4) is 5.75 Å². The van der Waals surface area contributed by atoms with Crippen molar-refractivity contribution in [2.45, 2.75) is 51.0 Å². The number of nitrogens with one attached hydrogen (secondary N) is 1. The first-order valence-electron chi connectivity index (χ1n) is 10.3. The summed E-state index contributed by atoms with van der Waals surface area (Å²) in [7, 11) is 0. The zero-order valence-corrected chi connectivity index (χ0v) is 17.9. The highest BCUT2D eigenvalue weighted by molar-refractivity contribution is 6.42. The molecule has 28 heavy (non-hydrogen) atoms. The highest BCUT2D eigenvalue weighted by atomic mass is 35.5. The van der Waals surface area contributed by atoms with Gasteiger partial charge < -0.3 is 10.4 Å². The number of benzene rings is 2. The van der Waals surface area contributed by atoms with Crippen molar-refractivity contribution in [1.82, 2.24) is 5.32 Å². The molecule has 0 saturated heterocycles. The molecule has 2 unspecified atom stereocenters. The summed E-state index contributed by atoms with van der Waals surface area (Å²) in [6.07, 6.45) is 4.66. The fourth-order valence-corrected chi connectivity index (χ4v) is 7.34. The van der Waals surface area contributed by atoms with Crippen LogP contribution < -0.4 is 5.32 Å². The van der Waals surface area contributed by atoms with Gasteiger partial charge in [-0.1, -0.05) is 49.2 Å². The molecule has 5 rings (SSSR count). The van der Waals surface area contributed by atoms with Gasteiger partial charge in [-0.05, 0) is 90.4 Å². The monoisotopic (exact) mass is 415 g/mol. The van der Waals surface area contributed by atoms with E-state index in [0.717, 1.165) is 25.3 Å². The standard InChI is InChI=1S/C24H27Cl2NO/c1-14-11-24-12-16-4-5-17(28)10-18(16)23(2,13-24)22(21(14)24)27-8-7-15-3-6-19(25)20(26)9-15/h3-6,9-10,14,21-22,27-28H,7-8,11-13H2,1-2H3/t14?,21-,22+,23-,24?/m0/s1. The van der Waals surface area contributed by atoms with Gasteiger partial charge in [-0.3, -0.25) is 0 Å². The van der Waals surface area contributed by atoms with Gasteiger partial charge in [0.1, 0.15) is 5.75 Å². The summed E-state index contributed by atoms with van der Waals surface area (Å²) >= 11 is 12.2. The van der Waals surface area contributed by atoms with E-state index in [1.807, 2.05) is 24.3 Å². The molecule has 2 bridgehead atoms. The van der Waals surface area contributed by atoms with Gasteiger partial charge >= 0.3 is 0 Å². The van der Waals surface area contributed by atoms with Crippen LogP contribution in [-0.2, 0) is 18.3 Å². The van der Waals surface area contributed by atoms with Crippen LogP contribution in [0.3, 0.4) is 0 Å². The number of rotatable bonds is 4. The van der Waals surface area contributed by atoms with Gasteiger partial charge in [-0.2, -0.15) is 0 Å². The van der Waals surface area contributed by atoms with E-state index in [4.69, 9.17) is 23.2 Å². The fourth-order valence-electron chi connectivity index (χ4n) is 7.02. The van der Waals surface area contributed by atoms with Gasteiger partial charge in [0.25, 0.3) is 0 Å². The van der Waals surface area contributed by atoms with Crippen molar-refractivity contribution < 1.29 is 5.11 Å². The topological polar surface area (TPSA) is 32.3 Å². The van der Waals surface area contributed by atoms with Gasteiger partial charge in [0.15, 0.2) is 0 Å². The summed E-state index contributed by atoms with van der Waals surface area (Å²) in [4.78, 5) is 0. The minimum atomic E-state index is 0.0827. The first kappa shape index (κ1) is 18.8. The number of aromatic hydroxyl groups is 1. The zero-order valence-electron chi connectivity index (χ0n) is 16.4. The second kappa shape index (κ2) is 6.39. The minimum absolute atomic E-state index is 0.0827. The third kappa shape index (κ3) is 2.65. The molecule has 2 aromatic rings. The Morgan fingerprint density at radius 1 is 1.14 bits per heavy atom. The second-order valence-corrected chi connectivity index (χ2v) is 10.4. The second-order valence-electron chi connectivity index (χ2n) is 9.61. The van der Waals surface area contributed by atoms with Crippen LogP contribution >= 0.6 is 23.2 Å². The van der Waals surface area contributed by atoms with E-state index in [2.05, 4.69) is 31.3 Å². The third-order valence-corrected chi connectivity index (χ3v) is 8.57. The largest absolute Gasteiger partial charge is 0.508 e. The summed E-state index contributed by atoms with van der Waals surface area (Å²) in [6.45, 7) is 5.75. The number of phenolic OH excluding ortho intramolecular Hbond substituents is 1. The van der Waals surface area contributed by atoms with Crippen LogP contribution in [0.1, 0.15) is 43.4 Å². The van der Waals surface area contributed by atoms with Crippen LogP contribution in [0.25, 0.3) is 0 Å². The van der Waals surface area contributed by atoms with Crippen molar-refractivity contribution in [3.05, 3.63) is 63.1 Å². The van der Waals surface area contributed by atoms with Crippen LogP contribution in [0.2, 0.25) is 10.0 Å². The van der Waals surface area contributed by atoms with Crippen molar-refractivity contribution in [2.24, 2.45) is 17.3 Å². The average Bonchev–Trinajstić information content (AvgIpc) is 2.80. The highest BCUT2D eigenvalue weighted by Gasteiger charge is 2.68. The molecule has 0 aliphatic heterocycles. The van der Waals surface area contributed by atoms with Gasteiger partial charge in [0, 0.05) is 11.5 Å². The molecule has 148 valence electrons. The smallest absolute Gasteiger partial charge is 0.115 e. The van der Waals surface area contributed by atoms with Gasteiger partial charge in [-0.15, -0.1) is 0 Å². The Hall–Kier alpha value is -1.22. The van der Waals surface area contributed by atoms with E-state index < -0.39 is 0 Å². The first-order chi connectivity index (χ1) is 13.3. The molecule has 0 radical (unpaired) electrons. The van der Waals surface area contributed by atoms with Crippen LogP contribution in [0.5, 0.6) is 5.75 Å². The van der Waals surface area contributed by atoms with Gasteiger partial charge in [0.05, 0.1) is 10.0 Å². The molecule has 1 spiro atoms. The zero-order chi connectivity index (χ0) is 19.7. The lowest BCUT2D eigenvalue weighted by molar-refractivity contribution is -0.0168. The van der Waals surface area contributed by atoms with E-state index in [1.54, 1.807) is 0 Å². The molecule has 2 N–H and O–H groups in total. The maximum absolute atomic E-state index is 10.1. The number of fused-ring (bicyclic) bond motifs is 3. The Bertz CT molecular complexity index is 944. The summed E-state index contributed by atoms with van der Waals surface area (Å²) in [6, 6.07) is 12.4. The van der Waals surface area contributed by atoms with Crippen molar-refractivity contribution >= 4 is 23.2 Å². The van der Waals surface area contributed by atoms with Crippen molar-refractivity contribution in [1.29, 1.82) is 0 Å². The minimum Gasteiger partial charge on any atom is -0.508 e. The van der Waals surface area contributed by atoms with Crippen LogP contribution in [0, 0.1) is 17.3 Å². The summed E-state index contributed by atoms with van der Waals surface area (Å²) in [5.41, 5.74) is 4.53. The molecule has 0 heterocycles. The van der Waals surface area contributed by atoms with Crippen LogP contribution in [0.4, 0.5) is 0 Å². The fraction of sp³-hybridized carbons (Fsp3) is 0.500. The molecule has 0 amide bonds. The maximum Gasteiger partial charge on any atom is 0.115 e. The summed E-state index contributed by atoms with van der Waals surface area (Å²) < 4.78 is 0. The summed E-state index contributed by atoms with van der Waals surface area (Å²) in [5.74, 6) is 1.85. The Labute approximate surface area is 177 Å². The quantitative estimate of drug-likeness (QED) is 0.664. The Morgan fingerprint density at radius 3 is 2.71 bits per heavy atom. The highest BCUT2D eigenvalue weighted by Crippen LogP contribution is 2.70. The van der Waals surface area contributed by atoms with E-state index >= 15 is 0 Å². The predicted molar refractivity (Wildman–Crippen MR) is 115 cm³/mol. The number of hydrogen-bond donors (Lipinski definition) is 2. The number of phenols is 1. The summed E-state index contributed by atoms with van der Waals surface area (Å²) in [5, 5.41) is 15.3. The van der Waals surface area contributed by atoms with Gasteiger partial charge in [0.2, 0.25) is 0 Å². The predicted octanol–water partition coefficient (Wildman–Crippen LogP) is 5.76. The van der Waals surface area contributed by atoms with Crippen LogP contribution in [-0.4, -0.2) is 17.7 Å². The Balaban J connectivity index is 1.41. The molecule has 5 atom stereocenters. The lowest BCUT2D eigenvalue weighted by Crippen LogP contribution is -2.53. The molecule has 2 aromatic carbocycles. The molecule has 0 aromatic heterocycles. The number of halogens is 2. The van der Waals surface area contributed by atoms with Crippen molar-refractivity contribution in [2.75, 3.05) is 6.54 Å². The van der Waals surface area contributed by atoms with E-state index in [9.17, 15) is 5.11 Å².